The van der Waals surface area contributed by atoms with Crippen molar-refractivity contribution in [3.05, 3.63) is 33.8 Å². The molecule has 0 aliphatic heterocycles. The summed E-state index contributed by atoms with van der Waals surface area (Å²) < 4.78 is 0.979. The van der Waals surface area contributed by atoms with Crippen LogP contribution in [-0.2, 0) is 4.79 Å². The maximum Gasteiger partial charge on any atom is 0.306 e. The van der Waals surface area contributed by atoms with E-state index >= 15 is 0 Å². The van der Waals surface area contributed by atoms with Gasteiger partial charge >= 0.3 is 5.97 Å². The Hall–Kier alpha value is -0.870. The van der Waals surface area contributed by atoms with Gasteiger partial charge in [-0.3, -0.25) is 4.79 Å². The molecular formula is C13H17BrO3. The fraction of sp³-hybridized carbons (Fsp3) is 0.462. The third-order valence-corrected chi connectivity index (χ3v) is 4.09. The maximum absolute atomic E-state index is 10.9. The van der Waals surface area contributed by atoms with E-state index < -0.39 is 18.0 Å². The Morgan fingerprint density at radius 2 is 1.94 bits per heavy atom. The van der Waals surface area contributed by atoms with Gasteiger partial charge < -0.3 is 10.2 Å². The number of aryl methyl sites for hydroxylation is 1. The van der Waals surface area contributed by atoms with Gasteiger partial charge in [0.05, 0.1) is 12.0 Å². The van der Waals surface area contributed by atoms with Crippen LogP contribution in [0.4, 0.5) is 0 Å². The summed E-state index contributed by atoms with van der Waals surface area (Å²) in [5, 5.41) is 19.1. The third kappa shape index (κ3) is 3.30. The number of carbonyl (C=O) groups is 1. The predicted octanol–water partition coefficient (Wildman–Crippen LogP) is 3.15. The highest BCUT2D eigenvalue weighted by Gasteiger charge is 2.27. The predicted molar refractivity (Wildman–Crippen MR) is 69.8 cm³/mol. The molecule has 0 fully saturated rings. The Kier molecular flexibility index (Phi) is 4.71. The minimum Gasteiger partial charge on any atom is -0.481 e. The first-order valence-electron chi connectivity index (χ1n) is 5.51. The summed E-state index contributed by atoms with van der Waals surface area (Å²) in [5.74, 6) is -1.78. The molecule has 1 aromatic rings. The van der Waals surface area contributed by atoms with Crippen LogP contribution in [0.15, 0.2) is 22.7 Å². The fourth-order valence-corrected chi connectivity index (χ4v) is 1.90. The summed E-state index contributed by atoms with van der Waals surface area (Å²) in [6.07, 6.45) is -0.757. The van der Waals surface area contributed by atoms with Crippen molar-refractivity contribution in [3.8, 4) is 0 Å². The monoisotopic (exact) mass is 300 g/mol. The topological polar surface area (TPSA) is 57.5 Å². The lowest BCUT2D eigenvalue weighted by atomic mass is 9.87. The molecule has 0 saturated carbocycles. The van der Waals surface area contributed by atoms with Crippen molar-refractivity contribution >= 4 is 21.9 Å². The minimum atomic E-state index is -0.884. The number of aliphatic carboxylic acids is 1. The van der Waals surface area contributed by atoms with E-state index in [-0.39, 0.29) is 5.92 Å². The quantitative estimate of drug-likeness (QED) is 0.898. The summed E-state index contributed by atoms with van der Waals surface area (Å²) in [6.45, 7) is 5.30. The maximum atomic E-state index is 10.9. The SMILES string of the molecule is Cc1cc(C(O)C(C)C(C)C(=O)O)ccc1Br. The molecule has 1 aromatic carbocycles. The zero-order valence-corrected chi connectivity index (χ0v) is 11.7. The van der Waals surface area contributed by atoms with Crippen molar-refractivity contribution < 1.29 is 15.0 Å². The van der Waals surface area contributed by atoms with Crippen LogP contribution in [0.1, 0.15) is 31.1 Å². The van der Waals surface area contributed by atoms with Crippen LogP contribution < -0.4 is 0 Å². The molecule has 94 valence electrons. The van der Waals surface area contributed by atoms with Crippen LogP contribution in [0.25, 0.3) is 0 Å². The van der Waals surface area contributed by atoms with Gasteiger partial charge in [0.15, 0.2) is 0 Å². The zero-order chi connectivity index (χ0) is 13.2. The summed E-state index contributed by atoms with van der Waals surface area (Å²) in [4.78, 5) is 10.9. The molecule has 0 bridgehead atoms. The first-order valence-corrected chi connectivity index (χ1v) is 6.30. The molecule has 0 amide bonds. The van der Waals surface area contributed by atoms with E-state index in [2.05, 4.69) is 15.9 Å². The van der Waals surface area contributed by atoms with Gasteiger partial charge in [-0.05, 0) is 30.0 Å². The third-order valence-electron chi connectivity index (χ3n) is 3.20. The highest BCUT2D eigenvalue weighted by molar-refractivity contribution is 9.10. The van der Waals surface area contributed by atoms with Crippen molar-refractivity contribution in [2.24, 2.45) is 11.8 Å². The molecule has 1 rings (SSSR count). The minimum absolute atomic E-state index is 0.326. The summed E-state index contributed by atoms with van der Waals surface area (Å²) in [7, 11) is 0. The average Bonchev–Trinajstić information content (AvgIpc) is 2.29. The summed E-state index contributed by atoms with van der Waals surface area (Å²) >= 11 is 3.39. The van der Waals surface area contributed by atoms with Crippen LogP contribution >= 0.6 is 15.9 Å². The van der Waals surface area contributed by atoms with Crippen molar-refractivity contribution in [1.29, 1.82) is 0 Å². The molecule has 17 heavy (non-hydrogen) atoms. The number of carboxylic acids is 1. The standard InChI is InChI=1S/C13H17BrO3/c1-7-6-10(4-5-11(7)14)12(15)8(2)9(3)13(16)17/h4-6,8-9,12,15H,1-3H3,(H,16,17). The van der Waals surface area contributed by atoms with Gasteiger partial charge in [-0.25, -0.2) is 0 Å². The number of halogens is 1. The highest BCUT2D eigenvalue weighted by atomic mass is 79.9. The Labute approximate surface area is 110 Å². The van der Waals surface area contributed by atoms with Gasteiger partial charge in [-0.2, -0.15) is 0 Å². The Morgan fingerprint density at radius 1 is 1.35 bits per heavy atom. The smallest absolute Gasteiger partial charge is 0.306 e. The van der Waals surface area contributed by atoms with Gasteiger partial charge in [-0.1, -0.05) is 41.9 Å². The summed E-state index contributed by atoms with van der Waals surface area (Å²) in [5.41, 5.74) is 1.78. The van der Waals surface area contributed by atoms with Crippen LogP contribution in [0.5, 0.6) is 0 Å². The number of rotatable bonds is 4. The lowest BCUT2D eigenvalue weighted by Gasteiger charge is -2.23. The number of hydrogen-bond acceptors (Lipinski definition) is 2. The fourth-order valence-electron chi connectivity index (χ4n) is 1.65. The molecule has 0 aromatic heterocycles. The Morgan fingerprint density at radius 3 is 2.41 bits per heavy atom. The second-order valence-electron chi connectivity index (χ2n) is 4.44. The van der Waals surface area contributed by atoms with E-state index in [1.807, 2.05) is 25.1 Å². The molecular weight excluding hydrogens is 284 g/mol. The molecule has 0 saturated heterocycles. The van der Waals surface area contributed by atoms with E-state index in [1.54, 1.807) is 13.8 Å². The Balaban J connectivity index is 2.92. The van der Waals surface area contributed by atoms with Crippen molar-refractivity contribution in [1.82, 2.24) is 0 Å². The molecule has 0 aliphatic rings. The van der Waals surface area contributed by atoms with Crippen molar-refractivity contribution in [2.75, 3.05) is 0 Å². The zero-order valence-electron chi connectivity index (χ0n) is 10.1. The normalized spacial score (nSPS) is 16.3. The lowest BCUT2D eigenvalue weighted by Crippen LogP contribution is -2.23. The van der Waals surface area contributed by atoms with Gasteiger partial charge in [0, 0.05) is 4.47 Å². The van der Waals surface area contributed by atoms with Crippen molar-refractivity contribution in [2.45, 2.75) is 26.9 Å². The highest BCUT2D eigenvalue weighted by Crippen LogP contribution is 2.30. The van der Waals surface area contributed by atoms with Crippen LogP contribution in [0.2, 0.25) is 0 Å². The van der Waals surface area contributed by atoms with Crippen molar-refractivity contribution in [3.63, 3.8) is 0 Å². The first-order chi connectivity index (χ1) is 7.84. The van der Waals surface area contributed by atoms with Crippen LogP contribution in [-0.4, -0.2) is 16.2 Å². The number of aliphatic hydroxyl groups excluding tert-OH is 1. The molecule has 2 N–H and O–H groups in total. The van der Waals surface area contributed by atoms with Crippen LogP contribution in [0, 0.1) is 18.8 Å². The van der Waals surface area contributed by atoms with E-state index in [4.69, 9.17) is 5.11 Å². The molecule has 0 spiro atoms. The Bertz CT molecular complexity index is 417. The average molecular weight is 301 g/mol. The molecule has 0 aliphatic carbocycles. The number of hydrogen-bond donors (Lipinski definition) is 2. The van der Waals surface area contributed by atoms with E-state index in [1.165, 1.54) is 0 Å². The van der Waals surface area contributed by atoms with Gasteiger partial charge in [-0.15, -0.1) is 0 Å². The van der Waals surface area contributed by atoms with Gasteiger partial charge in [0.25, 0.3) is 0 Å². The number of benzene rings is 1. The molecule has 3 unspecified atom stereocenters. The largest absolute Gasteiger partial charge is 0.481 e. The summed E-state index contributed by atoms with van der Waals surface area (Å²) in [6, 6.07) is 5.55. The van der Waals surface area contributed by atoms with Gasteiger partial charge in [0.2, 0.25) is 0 Å². The van der Waals surface area contributed by atoms with E-state index in [0.29, 0.717) is 0 Å². The van der Waals surface area contributed by atoms with E-state index in [9.17, 15) is 9.90 Å². The molecule has 4 heteroatoms. The molecule has 0 radical (unpaired) electrons. The second-order valence-corrected chi connectivity index (χ2v) is 5.29. The number of aliphatic hydroxyl groups is 1. The molecule has 0 heterocycles. The lowest BCUT2D eigenvalue weighted by molar-refractivity contribution is -0.144. The first kappa shape index (κ1) is 14.2. The van der Waals surface area contributed by atoms with Gasteiger partial charge in [0.1, 0.15) is 0 Å². The number of carboxylic acid groups (broad SMARTS) is 1. The molecule has 3 atom stereocenters. The van der Waals surface area contributed by atoms with E-state index in [0.717, 1.165) is 15.6 Å². The van der Waals surface area contributed by atoms with Crippen LogP contribution in [0.3, 0.4) is 0 Å². The molecule has 3 nitrogen and oxygen atoms in total. The second kappa shape index (κ2) is 5.65.